The summed E-state index contributed by atoms with van der Waals surface area (Å²) in [4.78, 5) is 0. The zero-order valence-corrected chi connectivity index (χ0v) is 13.0. The molecule has 0 radical (unpaired) electrons. The molecule has 3 rings (SSSR count). The Balaban J connectivity index is 0.000000647. The highest BCUT2D eigenvalue weighted by Crippen LogP contribution is 2.42. The fraction of sp³-hybridized carbons (Fsp3) is 0.294. The summed E-state index contributed by atoms with van der Waals surface area (Å²) in [6.45, 7) is 1.93. The van der Waals surface area contributed by atoms with E-state index in [1.54, 1.807) is 6.92 Å². The number of ether oxygens (including phenoxy) is 1. The van der Waals surface area contributed by atoms with Crippen LogP contribution in [0.2, 0.25) is 0 Å². The lowest BCUT2D eigenvalue weighted by Gasteiger charge is -2.31. The van der Waals surface area contributed by atoms with Crippen LogP contribution in [-0.2, 0) is 6.42 Å². The third kappa shape index (κ3) is 3.64. The molecule has 1 aliphatic heterocycles. The molecule has 0 aliphatic carbocycles. The first-order valence-electron chi connectivity index (χ1n) is 7.39. The van der Waals surface area contributed by atoms with Gasteiger partial charge < -0.3 is 35.4 Å². The molecule has 130 valence electrons. The van der Waals surface area contributed by atoms with Crippen LogP contribution in [0.15, 0.2) is 30.3 Å². The SMILES string of the molecule is CCO.Oc1cc(O)c2c(c1)O[C@H](c1ccc(O)c(O)c1)[C@@H](O)C2. The van der Waals surface area contributed by atoms with E-state index in [1.807, 2.05) is 0 Å². The van der Waals surface area contributed by atoms with Gasteiger partial charge in [-0.1, -0.05) is 6.07 Å². The predicted octanol–water partition coefficient (Wildman–Crippen LogP) is 1.54. The van der Waals surface area contributed by atoms with Gasteiger partial charge in [-0.15, -0.1) is 0 Å². The Morgan fingerprint density at radius 2 is 1.67 bits per heavy atom. The minimum Gasteiger partial charge on any atom is -0.508 e. The summed E-state index contributed by atoms with van der Waals surface area (Å²) in [7, 11) is 0. The van der Waals surface area contributed by atoms with Gasteiger partial charge in [0.25, 0.3) is 0 Å². The predicted molar refractivity (Wildman–Crippen MR) is 85.4 cm³/mol. The molecule has 7 heteroatoms. The first kappa shape index (κ1) is 17.7. The van der Waals surface area contributed by atoms with Crippen LogP contribution in [0.4, 0.5) is 0 Å². The molecule has 1 aliphatic rings. The Kier molecular flexibility index (Phi) is 5.38. The number of phenolic OH excluding ortho intramolecular Hbond substituents is 4. The summed E-state index contributed by atoms with van der Waals surface area (Å²) in [6, 6.07) is 6.67. The van der Waals surface area contributed by atoms with Crippen LogP contribution >= 0.6 is 0 Å². The molecular formula is C17H20O7. The van der Waals surface area contributed by atoms with Crippen LogP contribution in [0, 0.1) is 0 Å². The Morgan fingerprint density at radius 1 is 1.00 bits per heavy atom. The van der Waals surface area contributed by atoms with Gasteiger partial charge in [-0.25, -0.2) is 0 Å². The second-order valence-corrected chi connectivity index (χ2v) is 5.32. The lowest BCUT2D eigenvalue weighted by Crippen LogP contribution is -2.30. The van der Waals surface area contributed by atoms with Crippen LogP contribution < -0.4 is 4.74 Å². The molecule has 0 saturated carbocycles. The molecule has 0 fully saturated rings. The van der Waals surface area contributed by atoms with E-state index in [9.17, 15) is 25.5 Å². The van der Waals surface area contributed by atoms with Gasteiger partial charge in [-0.3, -0.25) is 0 Å². The molecule has 0 unspecified atom stereocenters. The van der Waals surface area contributed by atoms with E-state index in [0.717, 1.165) is 0 Å². The van der Waals surface area contributed by atoms with Crippen molar-refractivity contribution in [3.63, 3.8) is 0 Å². The summed E-state index contributed by atoms with van der Waals surface area (Å²) < 4.78 is 5.62. The van der Waals surface area contributed by atoms with E-state index in [-0.39, 0.29) is 41.8 Å². The molecule has 2 aromatic rings. The maximum atomic E-state index is 10.2. The van der Waals surface area contributed by atoms with Gasteiger partial charge in [0.05, 0.1) is 6.10 Å². The van der Waals surface area contributed by atoms with Gasteiger partial charge in [0.1, 0.15) is 23.4 Å². The van der Waals surface area contributed by atoms with Crippen LogP contribution in [-0.4, -0.2) is 43.4 Å². The minimum atomic E-state index is -0.933. The highest BCUT2D eigenvalue weighted by atomic mass is 16.5. The summed E-state index contributed by atoms with van der Waals surface area (Å²) in [5.74, 6) is -0.589. The van der Waals surface area contributed by atoms with Crippen molar-refractivity contribution in [2.24, 2.45) is 0 Å². The molecule has 7 nitrogen and oxygen atoms in total. The van der Waals surface area contributed by atoms with E-state index < -0.39 is 12.2 Å². The summed E-state index contributed by atoms with van der Waals surface area (Å²) in [5, 5.41) is 55.9. The van der Waals surface area contributed by atoms with Gasteiger partial charge in [0.15, 0.2) is 11.5 Å². The molecule has 24 heavy (non-hydrogen) atoms. The van der Waals surface area contributed by atoms with Gasteiger partial charge >= 0.3 is 0 Å². The molecule has 1 heterocycles. The van der Waals surface area contributed by atoms with E-state index in [4.69, 9.17) is 9.84 Å². The van der Waals surface area contributed by atoms with Crippen molar-refractivity contribution >= 4 is 0 Å². The molecule has 0 aromatic heterocycles. The molecule has 0 spiro atoms. The summed E-state index contributed by atoms with van der Waals surface area (Å²) in [5.41, 5.74) is 0.894. The third-order valence-corrected chi connectivity index (χ3v) is 3.51. The number of aliphatic hydroxyl groups is 2. The topological polar surface area (TPSA) is 131 Å². The van der Waals surface area contributed by atoms with E-state index in [1.165, 1.54) is 30.3 Å². The van der Waals surface area contributed by atoms with Crippen molar-refractivity contribution in [2.45, 2.75) is 25.6 Å². The number of aliphatic hydroxyl groups excluding tert-OH is 2. The number of hydrogen-bond donors (Lipinski definition) is 6. The average molecular weight is 336 g/mol. The Hall–Kier alpha value is -2.64. The number of rotatable bonds is 1. The van der Waals surface area contributed by atoms with E-state index >= 15 is 0 Å². The smallest absolute Gasteiger partial charge is 0.157 e. The Morgan fingerprint density at radius 3 is 2.29 bits per heavy atom. The molecule has 6 N–H and O–H groups in total. The standard InChI is InChI=1S/C15H14O6.C2H6O/c16-8-4-11(18)9-6-13(20)15(21-14(9)5-8)7-1-2-10(17)12(19)3-7;1-2-3/h1-5,13,15-20H,6H2;3H,2H2,1H3/t13-,15+;/m0./s1. The number of benzene rings is 2. The zero-order chi connectivity index (χ0) is 17.9. The van der Waals surface area contributed by atoms with Crippen molar-refractivity contribution in [1.82, 2.24) is 0 Å². The molecular weight excluding hydrogens is 316 g/mol. The van der Waals surface area contributed by atoms with Gasteiger partial charge in [-0.05, 0) is 24.6 Å². The molecule has 2 aromatic carbocycles. The maximum Gasteiger partial charge on any atom is 0.157 e. The Bertz CT molecular complexity index is 714. The maximum absolute atomic E-state index is 10.2. The lowest BCUT2D eigenvalue weighted by atomic mass is 9.94. The summed E-state index contributed by atoms with van der Waals surface area (Å²) >= 11 is 0. The van der Waals surface area contributed by atoms with Crippen molar-refractivity contribution in [3.8, 4) is 28.7 Å². The van der Waals surface area contributed by atoms with Gasteiger partial charge in [-0.2, -0.15) is 0 Å². The molecule has 0 amide bonds. The normalized spacial score (nSPS) is 18.8. The fourth-order valence-corrected chi connectivity index (χ4v) is 2.47. The average Bonchev–Trinajstić information content (AvgIpc) is 2.51. The second kappa shape index (κ2) is 7.29. The molecule has 0 bridgehead atoms. The Labute approximate surface area is 138 Å². The monoisotopic (exact) mass is 336 g/mol. The zero-order valence-electron chi connectivity index (χ0n) is 13.0. The first-order valence-corrected chi connectivity index (χ1v) is 7.39. The van der Waals surface area contributed by atoms with Gasteiger partial charge in [0, 0.05) is 30.7 Å². The van der Waals surface area contributed by atoms with E-state index in [0.29, 0.717) is 11.1 Å². The fourth-order valence-electron chi connectivity index (χ4n) is 2.47. The highest BCUT2D eigenvalue weighted by molar-refractivity contribution is 5.52. The molecule has 0 saturated heterocycles. The highest BCUT2D eigenvalue weighted by Gasteiger charge is 2.32. The van der Waals surface area contributed by atoms with Crippen LogP contribution in [0.5, 0.6) is 28.7 Å². The van der Waals surface area contributed by atoms with E-state index in [2.05, 4.69) is 0 Å². The van der Waals surface area contributed by atoms with Crippen LogP contribution in [0.3, 0.4) is 0 Å². The number of fused-ring (bicyclic) bond motifs is 1. The molecule has 2 atom stereocenters. The summed E-state index contributed by atoms with van der Waals surface area (Å²) in [6.07, 6.45) is -1.56. The van der Waals surface area contributed by atoms with Crippen molar-refractivity contribution < 1.29 is 35.4 Å². The number of aromatic hydroxyl groups is 4. The van der Waals surface area contributed by atoms with Crippen LogP contribution in [0.1, 0.15) is 24.2 Å². The third-order valence-electron chi connectivity index (χ3n) is 3.51. The van der Waals surface area contributed by atoms with Crippen molar-refractivity contribution in [2.75, 3.05) is 6.61 Å². The quantitative estimate of drug-likeness (QED) is 0.436. The van der Waals surface area contributed by atoms with Crippen LogP contribution in [0.25, 0.3) is 0 Å². The minimum absolute atomic E-state index is 0.143. The first-order chi connectivity index (χ1) is 11.4. The largest absolute Gasteiger partial charge is 0.508 e. The van der Waals surface area contributed by atoms with Gasteiger partial charge in [0.2, 0.25) is 0 Å². The second-order valence-electron chi connectivity index (χ2n) is 5.32. The number of hydrogen-bond acceptors (Lipinski definition) is 7. The van der Waals surface area contributed by atoms with Crippen molar-refractivity contribution in [1.29, 1.82) is 0 Å². The lowest BCUT2D eigenvalue weighted by molar-refractivity contribution is 0.0197. The van der Waals surface area contributed by atoms with Crippen molar-refractivity contribution in [3.05, 3.63) is 41.5 Å². The number of phenols is 4.